The summed E-state index contributed by atoms with van der Waals surface area (Å²) >= 11 is 0. The minimum absolute atomic E-state index is 0. The largest absolute Gasteiger partial charge is 0.508 e. The molecule has 0 fully saturated rings. The molecule has 2 rings (SSSR count). The summed E-state index contributed by atoms with van der Waals surface area (Å²) in [6, 6.07) is 4.30. The van der Waals surface area contributed by atoms with E-state index in [0.717, 1.165) is 0 Å². The zero-order valence-electron chi connectivity index (χ0n) is 7.06. The summed E-state index contributed by atoms with van der Waals surface area (Å²) in [6.07, 6.45) is 2.74. The van der Waals surface area contributed by atoms with Crippen molar-refractivity contribution in [1.82, 2.24) is 0 Å². The number of allylic oxidation sites excluding steroid dienone is 1. The third kappa shape index (κ3) is 1.54. The topological polar surface area (TPSA) is 54.4 Å². The lowest BCUT2D eigenvalue weighted by Crippen LogP contribution is -2.15. The Labute approximate surface area is 86.5 Å². The van der Waals surface area contributed by atoms with Gasteiger partial charge in [-0.15, -0.1) is 12.4 Å². The molecule has 4 heteroatoms. The van der Waals surface area contributed by atoms with Crippen LogP contribution in [0.15, 0.2) is 24.3 Å². The molecule has 14 heavy (non-hydrogen) atoms. The normalized spacial score (nSPS) is 13.4. The van der Waals surface area contributed by atoms with E-state index in [1.165, 1.54) is 30.4 Å². The van der Waals surface area contributed by atoms with Crippen molar-refractivity contribution in [1.29, 1.82) is 0 Å². The number of ketones is 2. The summed E-state index contributed by atoms with van der Waals surface area (Å²) < 4.78 is 0. The zero-order valence-corrected chi connectivity index (χ0v) is 7.88. The van der Waals surface area contributed by atoms with Crippen molar-refractivity contribution < 1.29 is 14.7 Å². The molecule has 1 aliphatic carbocycles. The molecule has 0 saturated heterocycles. The summed E-state index contributed by atoms with van der Waals surface area (Å²) in [5.74, 6) is -0.943. The van der Waals surface area contributed by atoms with E-state index in [-0.39, 0.29) is 18.2 Å². The van der Waals surface area contributed by atoms with Crippen molar-refractivity contribution in [2.45, 2.75) is 0 Å². The maximum absolute atomic E-state index is 11.2. The molecular weight excluding hydrogens is 204 g/mol. The molecule has 3 nitrogen and oxygen atoms in total. The second-order valence-electron chi connectivity index (χ2n) is 2.80. The summed E-state index contributed by atoms with van der Waals surface area (Å²) in [6.45, 7) is 0. The summed E-state index contributed by atoms with van der Waals surface area (Å²) in [5, 5.41) is 9.11. The highest BCUT2D eigenvalue weighted by atomic mass is 35.5. The van der Waals surface area contributed by atoms with Gasteiger partial charge in [0.15, 0.2) is 0 Å². The van der Waals surface area contributed by atoms with E-state index >= 15 is 0 Å². The molecule has 0 aliphatic heterocycles. The molecular formula is C10H7ClO3. The Morgan fingerprint density at radius 2 is 1.79 bits per heavy atom. The standard InChI is InChI=1S/C10H6O3.ClH/c11-7-2-3-8-6(5-7)1-4-9(12)10(8)13;/h1-5,11H;1H. The SMILES string of the molecule is Cl.O=C1C=Cc2cc(O)ccc2C1=O. The zero-order chi connectivity index (χ0) is 9.42. The van der Waals surface area contributed by atoms with Gasteiger partial charge >= 0.3 is 0 Å². The molecule has 1 N–H and O–H groups in total. The van der Waals surface area contributed by atoms with Crippen LogP contribution in [-0.4, -0.2) is 16.7 Å². The van der Waals surface area contributed by atoms with Crippen molar-refractivity contribution in [3.05, 3.63) is 35.4 Å². The van der Waals surface area contributed by atoms with E-state index in [4.69, 9.17) is 5.11 Å². The first-order valence-corrected chi connectivity index (χ1v) is 3.78. The first-order valence-electron chi connectivity index (χ1n) is 3.78. The predicted octanol–water partition coefficient (Wildman–Crippen LogP) is 1.59. The lowest BCUT2D eigenvalue weighted by Gasteiger charge is -2.07. The van der Waals surface area contributed by atoms with Crippen LogP contribution in [0.1, 0.15) is 15.9 Å². The average molecular weight is 211 g/mol. The average Bonchev–Trinajstić information content (AvgIpc) is 2.12. The van der Waals surface area contributed by atoms with Crippen molar-refractivity contribution in [2.24, 2.45) is 0 Å². The molecule has 0 atom stereocenters. The second-order valence-corrected chi connectivity index (χ2v) is 2.80. The highest BCUT2D eigenvalue weighted by Gasteiger charge is 2.20. The molecule has 0 bridgehead atoms. The number of hydrogen-bond donors (Lipinski definition) is 1. The van der Waals surface area contributed by atoms with Crippen molar-refractivity contribution in [2.75, 3.05) is 0 Å². The number of aromatic hydroxyl groups is 1. The Kier molecular flexibility index (Phi) is 2.72. The number of rotatable bonds is 0. The van der Waals surface area contributed by atoms with Crippen LogP contribution in [0.2, 0.25) is 0 Å². The van der Waals surface area contributed by atoms with Gasteiger partial charge in [0.2, 0.25) is 11.6 Å². The van der Waals surface area contributed by atoms with E-state index in [2.05, 4.69) is 0 Å². The molecule has 0 spiro atoms. The summed E-state index contributed by atoms with van der Waals surface area (Å²) in [7, 11) is 0. The van der Waals surface area contributed by atoms with E-state index in [0.29, 0.717) is 11.1 Å². The quantitative estimate of drug-likeness (QED) is 0.662. The monoisotopic (exact) mass is 210 g/mol. The number of Topliss-reactive ketones (excluding diaryl/α,β-unsaturated/α-hetero) is 1. The molecule has 0 heterocycles. The molecule has 0 amide bonds. The Hall–Kier alpha value is -1.61. The number of hydrogen-bond acceptors (Lipinski definition) is 3. The first kappa shape index (κ1) is 10.5. The highest BCUT2D eigenvalue weighted by Crippen LogP contribution is 2.21. The van der Waals surface area contributed by atoms with Gasteiger partial charge in [0, 0.05) is 5.56 Å². The third-order valence-electron chi connectivity index (χ3n) is 1.92. The van der Waals surface area contributed by atoms with Crippen molar-refractivity contribution >= 4 is 30.0 Å². The van der Waals surface area contributed by atoms with Gasteiger partial charge in [-0.1, -0.05) is 6.08 Å². The second kappa shape index (κ2) is 3.64. The number of halogens is 1. The van der Waals surface area contributed by atoms with Crippen LogP contribution < -0.4 is 0 Å². The Balaban J connectivity index is 0.000000980. The van der Waals surface area contributed by atoms with Crippen LogP contribution in [0.4, 0.5) is 0 Å². The van der Waals surface area contributed by atoms with Gasteiger partial charge in [0.25, 0.3) is 0 Å². The van der Waals surface area contributed by atoms with Gasteiger partial charge in [-0.2, -0.15) is 0 Å². The van der Waals surface area contributed by atoms with Gasteiger partial charge in [0.05, 0.1) is 0 Å². The van der Waals surface area contributed by atoms with Crippen LogP contribution in [0.3, 0.4) is 0 Å². The highest BCUT2D eigenvalue weighted by molar-refractivity contribution is 6.49. The van der Waals surface area contributed by atoms with Crippen LogP contribution in [0.25, 0.3) is 6.08 Å². The number of carbonyl (C=O) groups excluding carboxylic acids is 2. The van der Waals surface area contributed by atoms with Gasteiger partial charge in [-0.3, -0.25) is 9.59 Å². The van der Waals surface area contributed by atoms with Gasteiger partial charge in [-0.05, 0) is 29.8 Å². The predicted molar refractivity (Wildman–Crippen MR) is 53.7 cm³/mol. The fourth-order valence-corrected chi connectivity index (χ4v) is 1.27. The summed E-state index contributed by atoms with van der Waals surface area (Å²) in [5.41, 5.74) is 0.940. The Bertz CT molecular complexity index is 435. The number of phenols is 1. The maximum atomic E-state index is 11.2. The lowest BCUT2D eigenvalue weighted by molar-refractivity contribution is -0.110. The minimum Gasteiger partial charge on any atom is -0.508 e. The van der Waals surface area contributed by atoms with Crippen LogP contribution in [-0.2, 0) is 4.79 Å². The number of phenolic OH excluding ortho intramolecular Hbond substituents is 1. The van der Waals surface area contributed by atoms with Crippen LogP contribution in [0, 0.1) is 0 Å². The fourth-order valence-electron chi connectivity index (χ4n) is 1.27. The van der Waals surface area contributed by atoms with Gasteiger partial charge in [-0.25, -0.2) is 0 Å². The number of carbonyl (C=O) groups is 2. The molecule has 1 aromatic rings. The van der Waals surface area contributed by atoms with E-state index in [1.54, 1.807) is 0 Å². The van der Waals surface area contributed by atoms with Gasteiger partial charge in [0.1, 0.15) is 5.75 Å². The maximum Gasteiger partial charge on any atom is 0.233 e. The first-order chi connectivity index (χ1) is 6.18. The van der Waals surface area contributed by atoms with Crippen LogP contribution in [0.5, 0.6) is 5.75 Å². The van der Waals surface area contributed by atoms with Crippen molar-refractivity contribution in [3.8, 4) is 5.75 Å². The van der Waals surface area contributed by atoms with Crippen LogP contribution >= 0.6 is 12.4 Å². The fraction of sp³-hybridized carbons (Fsp3) is 0. The lowest BCUT2D eigenvalue weighted by atomic mass is 9.95. The summed E-state index contributed by atoms with van der Waals surface area (Å²) in [4.78, 5) is 22.2. The van der Waals surface area contributed by atoms with E-state index in [1.807, 2.05) is 0 Å². The number of fused-ring (bicyclic) bond motifs is 1. The van der Waals surface area contributed by atoms with Crippen molar-refractivity contribution in [3.63, 3.8) is 0 Å². The molecule has 0 unspecified atom stereocenters. The molecule has 0 aromatic heterocycles. The molecule has 1 aliphatic rings. The molecule has 72 valence electrons. The smallest absolute Gasteiger partial charge is 0.233 e. The third-order valence-corrected chi connectivity index (χ3v) is 1.92. The molecule has 1 aromatic carbocycles. The van der Waals surface area contributed by atoms with Gasteiger partial charge < -0.3 is 5.11 Å². The van der Waals surface area contributed by atoms with E-state index in [9.17, 15) is 9.59 Å². The molecule has 0 saturated carbocycles. The Morgan fingerprint density at radius 3 is 2.50 bits per heavy atom. The minimum atomic E-state index is -0.516. The molecule has 0 radical (unpaired) electrons. The van der Waals surface area contributed by atoms with E-state index < -0.39 is 11.6 Å². The Morgan fingerprint density at radius 1 is 1.07 bits per heavy atom. The number of benzene rings is 1.